The zero-order chi connectivity index (χ0) is 20.5. The number of benzene rings is 2. The van der Waals surface area contributed by atoms with E-state index in [1.807, 2.05) is 7.05 Å². The third kappa shape index (κ3) is 3.44. The Morgan fingerprint density at radius 1 is 1.00 bits per heavy atom. The number of nitrogens with one attached hydrogen (secondary N) is 1. The topological polar surface area (TPSA) is 29.3 Å². The van der Waals surface area contributed by atoms with Gasteiger partial charge in [-0.15, -0.1) is 0 Å². The number of aryl methyl sites for hydroxylation is 1. The van der Waals surface area contributed by atoms with E-state index in [2.05, 4.69) is 89.6 Å². The smallest absolute Gasteiger partial charge is 0.117 e. The van der Waals surface area contributed by atoms with Crippen LogP contribution in [0.4, 0.5) is 0 Å². The van der Waals surface area contributed by atoms with Crippen LogP contribution in [-0.2, 0) is 12.8 Å². The lowest BCUT2D eigenvalue weighted by molar-refractivity contribution is 0.398. The Bertz CT molecular complexity index is 1150. The van der Waals surface area contributed by atoms with Crippen LogP contribution < -0.4 is 5.32 Å². The molecule has 0 saturated carbocycles. The van der Waals surface area contributed by atoms with Gasteiger partial charge in [-0.05, 0) is 75.0 Å². The molecule has 1 atom stereocenters. The summed E-state index contributed by atoms with van der Waals surface area (Å²) in [4.78, 5) is 5.30. The molecular formula is C27H29N3. The quantitative estimate of drug-likeness (QED) is 0.472. The van der Waals surface area contributed by atoms with E-state index in [9.17, 15) is 0 Å². The fourth-order valence-corrected chi connectivity index (χ4v) is 5.08. The van der Waals surface area contributed by atoms with Gasteiger partial charge in [-0.25, -0.2) is 4.98 Å². The van der Waals surface area contributed by atoms with E-state index < -0.39 is 0 Å². The minimum Gasteiger partial charge on any atom is -0.320 e. The molecule has 2 aromatic heterocycles. The van der Waals surface area contributed by atoms with Gasteiger partial charge in [-0.2, -0.15) is 0 Å². The molecular weight excluding hydrogens is 366 g/mol. The standard InChI is InChI=1S/C27H29N3/c1-19-8-7-11-22(16-19)26-25-12-5-6-15-30(25)27(29-26)24(13-14-28-2)23-17-20-9-3-4-10-21(20)18-23/h3-12,15-16,23-24,28H,13-14,17-18H2,1-2H3. The van der Waals surface area contributed by atoms with Gasteiger partial charge in [0.15, 0.2) is 0 Å². The third-order valence-corrected chi connectivity index (χ3v) is 6.56. The highest BCUT2D eigenvalue weighted by molar-refractivity contribution is 5.78. The molecule has 0 aliphatic heterocycles. The van der Waals surface area contributed by atoms with Crippen molar-refractivity contribution in [3.8, 4) is 11.3 Å². The summed E-state index contributed by atoms with van der Waals surface area (Å²) >= 11 is 0. The fourth-order valence-electron chi connectivity index (χ4n) is 5.08. The Hall–Kier alpha value is -2.91. The maximum Gasteiger partial charge on any atom is 0.117 e. The molecule has 5 rings (SSSR count). The number of fused-ring (bicyclic) bond motifs is 2. The van der Waals surface area contributed by atoms with Crippen molar-refractivity contribution in [2.24, 2.45) is 5.92 Å². The van der Waals surface area contributed by atoms with E-state index in [0.29, 0.717) is 11.8 Å². The second-order valence-corrected chi connectivity index (χ2v) is 8.58. The number of rotatable bonds is 6. The van der Waals surface area contributed by atoms with Crippen LogP contribution in [0.2, 0.25) is 0 Å². The highest BCUT2D eigenvalue weighted by Gasteiger charge is 2.32. The zero-order valence-electron chi connectivity index (χ0n) is 17.8. The third-order valence-electron chi connectivity index (χ3n) is 6.56. The van der Waals surface area contributed by atoms with Crippen molar-refractivity contribution in [1.29, 1.82) is 0 Å². The van der Waals surface area contributed by atoms with Crippen molar-refractivity contribution < 1.29 is 0 Å². The van der Waals surface area contributed by atoms with Crippen LogP contribution in [0.5, 0.6) is 0 Å². The first kappa shape index (κ1) is 19.1. The van der Waals surface area contributed by atoms with Gasteiger partial charge >= 0.3 is 0 Å². The zero-order valence-corrected chi connectivity index (χ0v) is 17.8. The second-order valence-electron chi connectivity index (χ2n) is 8.58. The summed E-state index contributed by atoms with van der Waals surface area (Å²) in [5.74, 6) is 2.21. The van der Waals surface area contributed by atoms with Crippen molar-refractivity contribution in [3.05, 3.63) is 95.4 Å². The SMILES string of the molecule is CNCCC(c1nc(-c2cccc(C)c2)c2ccccn12)C1Cc2ccccc2C1. The summed E-state index contributed by atoms with van der Waals surface area (Å²) in [5, 5.41) is 3.37. The number of imidazole rings is 1. The first-order chi connectivity index (χ1) is 14.7. The molecule has 2 aromatic carbocycles. The van der Waals surface area contributed by atoms with Crippen LogP contribution in [0.25, 0.3) is 16.8 Å². The molecule has 152 valence electrons. The molecule has 1 aliphatic carbocycles. The molecule has 0 amide bonds. The van der Waals surface area contributed by atoms with Gasteiger partial charge in [-0.1, -0.05) is 54.1 Å². The number of hydrogen-bond donors (Lipinski definition) is 1. The second kappa shape index (κ2) is 8.08. The minimum absolute atomic E-state index is 0.415. The van der Waals surface area contributed by atoms with Crippen LogP contribution in [0.3, 0.4) is 0 Å². The average molecular weight is 396 g/mol. The highest BCUT2D eigenvalue weighted by Crippen LogP contribution is 2.39. The van der Waals surface area contributed by atoms with Crippen molar-refractivity contribution in [1.82, 2.24) is 14.7 Å². The van der Waals surface area contributed by atoms with Crippen LogP contribution in [0.15, 0.2) is 72.9 Å². The van der Waals surface area contributed by atoms with Gasteiger partial charge in [0, 0.05) is 17.7 Å². The molecule has 4 aromatic rings. The number of pyridine rings is 1. The van der Waals surface area contributed by atoms with Gasteiger partial charge in [0.25, 0.3) is 0 Å². The Labute approximate surface area is 178 Å². The molecule has 0 saturated heterocycles. The van der Waals surface area contributed by atoms with Gasteiger partial charge in [0.1, 0.15) is 5.82 Å². The molecule has 30 heavy (non-hydrogen) atoms. The lowest BCUT2D eigenvalue weighted by Crippen LogP contribution is -2.21. The molecule has 3 heteroatoms. The highest BCUT2D eigenvalue weighted by atomic mass is 15.0. The Kier molecular flexibility index (Phi) is 5.14. The summed E-state index contributed by atoms with van der Waals surface area (Å²) in [5.41, 5.74) is 7.78. The Morgan fingerprint density at radius 2 is 1.77 bits per heavy atom. The van der Waals surface area contributed by atoms with Crippen LogP contribution in [-0.4, -0.2) is 23.0 Å². The van der Waals surface area contributed by atoms with E-state index >= 15 is 0 Å². The van der Waals surface area contributed by atoms with E-state index in [4.69, 9.17) is 4.98 Å². The summed E-state index contributed by atoms with van der Waals surface area (Å²) in [6.45, 7) is 3.15. The summed E-state index contributed by atoms with van der Waals surface area (Å²) in [6.07, 6.45) is 5.57. The predicted molar refractivity (Wildman–Crippen MR) is 124 cm³/mol. The largest absolute Gasteiger partial charge is 0.320 e. The van der Waals surface area contributed by atoms with Crippen molar-refractivity contribution >= 4 is 5.52 Å². The average Bonchev–Trinajstić information content (AvgIpc) is 3.36. The van der Waals surface area contributed by atoms with E-state index in [1.165, 1.54) is 33.6 Å². The molecule has 3 nitrogen and oxygen atoms in total. The maximum absolute atomic E-state index is 5.30. The molecule has 2 heterocycles. The predicted octanol–water partition coefficient (Wildman–Crippen LogP) is 5.42. The van der Waals surface area contributed by atoms with Crippen molar-refractivity contribution in [2.75, 3.05) is 13.6 Å². The molecule has 1 unspecified atom stereocenters. The van der Waals surface area contributed by atoms with Crippen LogP contribution in [0.1, 0.15) is 34.9 Å². The van der Waals surface area contributed by atoms with Gasteiger partial charge < -0.3 is 9.72 Å². The molecule has 1 aliphatic rings. The summed E-state index contributed by atoms with van der Waals surface area (Å²) < 4.78 is 2.33. The van der Waals surface area contributed by atoms with Gasteiger partial charge in [0.2, 0.25) is 0 Å². The van der Waals surface area contributed by atoms with E-state index in [-0.39, 0.29) is 0 Å². The normalized spacial score (nSPS) is 14.9. The van der Waals surface area contributed by atoms with Gasteiger partial charge in [-0.3, -0.25) is 0 Å². The lowest BCUT2D eigenvalue weighted by Gasteiger charge is -2.22. The lowest BCUT2D eigenvalue weighted by atomic mass is 9.86. The molecule has 0 spiro atoms. The molecule has 0 bridgehead atoms. The van der Waals surface area contributed by atoms with Crippen molar-refractivity contribution in [2.45, 2.75) is 32.1 Å². The van der Waals surface area contributed by atoms with Crippen LogP contribution >= 0.6 is 0 Å². The summed E-state index contributed by atoms with van der Waals surface area (Å²) in [7, 11) is 2.04. The van der Waals surface area contributed by atoms with E-state index in [0.717, 1.165) is 31.5 Å². The van der Waals surface area contributed by atoms with Gasteiger partial charge in [0.05, 0.1) is 11.2 Å². The summed E-state index contributed by atoms with van der Waals surface area (Å²) in [6, 6.07) is 24.1. The number of aromatic nitrogens is 2. The monoisotopic (exact) mass is 395 g/mol. The maximum atomic E-state index is 5.30. The molecule has 0 radical (unpaired) electrons. The first-order valence-electron chi connectivity index (χ1n) is 11.0. The number of nitrogens with zero attached hydrogens (tertiary/aromatic N) is 2. The number of hydrogen-bond acceptors (Lipinski definition) is 2. The Morgan fingerprint density at radius 3 is 2.50 bits per heavy atom. The minimum atomic E-state index is 0.415. The first-order valence-corrected chi connectivity index (χ1v) is 11.0. The van der Waals surface area contributed by atoms with E-state index in [1.54, 1.807) is 0 Å². The molecule has 1 N–H and O–H groups in total. The van der Waals surface area contributed by atoms with Crippen LogP contribution in [0, 0.1) is 12.8 Å². The Balaban J connectivity index is 1.60. The molecule has 0 fully saturated rings. The van der Waals surface area contributed by atoms with Crippen molar-refractivity contribution in [3.63, 3.8) is 0 Å². The fraction of sp³-hybridized carbons (Fsp3) is 0.296.